The zero-order chi connectivity index (χ0) is 90.4. The van der Waals surface area contributed by atoms with Crippen LogP contribution in [0.15, 0.2) is 215 Å². The molecule has 30 nitrogen and oxygen atoms in total. The lowest BCUT2D eigenvalue weighted by Crippen LogP contribution is -2.41. The van der Waals surface area contributed by atoms with Gasteiger partial charge in [0, 0.05) is 105 Å². The van der Waals surface area contributed by atoms with Crippen LogP contribution in [0.2, 0.25) is 0 Å². The number of carbonyl (C=O) groups excluding carboxylic acids is 2. The maximum atomic E-state index is 14.0. The molecule has 0 spiro atoms. The number of nitrogens with zero attached hydrogens (tertiary/aromatic N) is 12. The molecule has 15 aromatic rings. The van der Waals surface area contributed by atoms with Gasteiger partial charge in [-0.3, -0.25) is 40.0 Å². The van der Waals surface area contributed by atoms with E-state index in [2.05, 4.69) is 71.9 Å². The van der Waals surface area contributed by atoms with E-state index >= 15 is 0 Å². The van der Waals surface area contributed by atoms with Crippen molar-refractivity contribution in [1.29, 1.82) is 0 Å². The minimum atomic E-state index is -0.640. The topological polar surface area (TPSA) is 370 Å². The molecule has 2 amide bonds. The number of aromatic nitrogens is 12. The molecule has 0 saturated carbocycles. The Morgan fingerprint density at radius 2 is 0.794 bits per heavy atom. The molecule has 0 unspecified atom stereocenters. The molecular formula is C94H97BBrN15O15. The third kappa shape index (κ3) is 20.3. The van der Waals surface area contributed by atoms with E-state index in [0.717, 1.165) is 106 Å². The average molecular weight is 1770 g/mol. The summed E-state index contributed by atoms with van der Waals surface area (Å²) in [4.78, 5) is 90.4. The number of fused-ring (bicyclic) bond motifs is 3. The minimum Gasteiger partial charge on any atom is -0.496 e. The number of hydrogen-bond acceptors (Lipinski definition) is 25. The Morgan fingerprint density at radius 1 is 0.444 bits per heavy atom. The maximum Gasteiger partial charge on any atom is 0.496 e. The van der Waals surface area contributed by atoms with Crippen molar-refractivity contribution in [3.05, 3.63) is 270 Å². The summed E-state index contributed by atoms with van der Waals surface area (Å²) >= 11 is 3.40. The van der Waals surface area contributed by atoms with E-state index in [1.165, 1.54) is 0 Å². The summed E-state index contributed by atoms with van der Waals surface area (Å²) in [5.74, 6) is 5.06. The Balaban J connectivity index is 0.000000147. The molecule has 0 radical (unpaired) electrons. The molecule has 16 rings (SSSR count). The van der Waals surface area contributed by atoms with Crippen molar-refractivity contribution >= 4 is 90.9 Å². The van der Waals surface area contributed by atoms with Crippen molar-refractivity contribution in [3.8, 4) is 72.9 Å². The molecule has 0 atom stereocenters. The van der Waals surface area contributed by atoms with Crippen molar-refractivity contribution in [2.45, 2.75) is 153 Å². The molecule has 1 aliphatic heterocycles. The highest BCUT2D eigenvalue weighted by atomic mass is 79.9. The predicted octanol–water partition coefficient (Wildman–Crippen LogP) is 17.7. The normalized spacial score (nSPS) is 12.8. The van der Waals surface area contributed by atoms with Gasteiger partial charge in [-0.1, -0.05) is 39.7 Å². The summed E-state index contributed by atoms with van der Waals surface area (Å²) in [6.07, 6.45) is 8.79. The van der Waals surface area contributed by atoms with Gasteiger partial charge in [-0.25, -0.2) is 24.5 Å². The summed E-state index contributed by atoms with van der Waals surface area (Å²) in [5, 5.41) is 20.0. The molecule has 12 aromatic heterocycles. The quantitative estimate of drug-likeness (QED) is 0.0713. The lowest BCUT2D eigenvalue weighted by Gasteiger charge is -2.32. The van der Waals surface area contributed by atoms with Gasteiger partial charge in [-0.2, -0.15) is 0 Å². The van der Waals surface area contributed by atoms with Crippen LogP contribution >= 0.6 is 15.9 Å². The number of halogens is 1. The van der Waals surface area contributed by atoms with Crippen molar-refractivity contribution in [1.82, 2.24) is 59.1 Å². The Morgan fingerprint density at radius 3 is 1.10 bits per heavy atom. The molecule has 126 heavy (non-hydrogen) atoms. The van der Waals surface area contributed by atoms with Crippen LogP contribution < -0.4 is 52.7 Å². The van der Waals surface area contributed by atoms with Crippen LogP contribution in [0.25, 0.3) is 88.3 Å². The standard InChI is InChI=1S/C31H31N5O5.C26H23N5O3.C21H18BrN3O3.C16H25BN2O4/c1-18-28(19(2)41-35-18)24-14-21-13-23(20-10-11-27(33-16-20)34-30(38)40-31(3,4)5)29(37)36(25(21)15-26(24)39-6)17-22-9-7-8-12-32-22;1-15-25(16(2)34-30-15)21-11-18-10-20(17-7-8-24(27)29-13-17)26(32)31(22(18)12-23(21)33-3)14-19-6-4-5-9-28-19;1-12-20(13(2)28-24-12)16-8-14-9-17(22)21(26)25(18(14)10-19(16)27-3)11-15-6-4-5-7-23-15;1-14(2,3)21-13(20)19-12-9-8-11(10-18-12)17-22-15(4,5)16(6,7)23-17/h7-16H,17H2,1-6H3,(H,33,34,38);4-13H,14H2,1-3H3,(H2,27,29);4-10H,11H2,1-3H3;8-10H,1-7H3,(H,18,19,20). The van der Waals surface area contributed by atoms with E-state index in [4.69, 9.17) is 52.3 Å². The lowest BCUT2D eigenvalue weighted by molar-refractivity contribution is 0.00578. The zero-order valence-corrected chi connectivity index (χ0v) is 75.1. The number of nitrogen functional groups attached to an aromatic ring is 1. The summed E-state index contributed by atoms with van der Waals surface area (Å²) in [6, 6.07) is 44.4. The number of anilines is 3. The monoisotopic (exact) mass is 1770 g/mol. The Hall–Kier alpha value is -14.0. The number of hydrogen-bond donors (Lipinski definition) is 3. The fourth-order valence-electron chi connectivity index (χ4n) is 14.3. The first-order valence-corrected chi connectivity index (χ1v) is 41.1. The average Bonchev–Trinajstić information content (AvgIpc) is 0.885. The number of aryl methyl sites for hydroxylation is 6. The third-order valence-electron chi connectivity index (χ3n) is 21.0. The van der Waals surface area contributed by atoms with Crippen molar-refractivity contribution in [3.63, 3.8) is 0 Å². The van der Waals surface area contributed by atoms with Crippen LogP contribution in [0.5, 0.6) is 17.2 Å². The van der Waals surface area contributed by atoms with Gasteiger partial charge >= 0.3 is 19.3 Å². The van der Waals surface area contributed by atoms with Gasteiger partial charge in [0.05, 0.1) is 124 Å². The van der Waals surface area contributed by atoms with Gasteiger partial charge in [0.15, 0.2) is 0 Å². The second kappa shape index (κ2) is 37.2. The first-order valence-electron chi connectivity index (χ1n) is 40.3. The second-order valence-corrected chi connectivity index (χ2v) is 33.8. The van der Waals surface area contributed by atoms with Crippen molar-refractivity contribution in [2.24, 2.45) is 0 Å². The first-order chi connectivity index (χ1) is 59.9. The fraction of sp³-hybridized carbons (Fsp3) is 0.277. The summed E-state index contributed by atoms with van der Waals surface area (Å²) < 4.78 is 61.3. The van der Waals surface area contributed by atoms with Crippen LogP contribution in [0.4, 0.5) is 27.0 Å². The molecule has 0 bridgehead atoms. The smallest absolute Gasteiger partial charge is 0.496 e. The molecule has 3 aromatic carbocycles. The van der Waals surface area contributed by atoms with Gasteiger partial charge < -0.3 is 66.0 Å². The Kier molecular flexibility index (Phi) is 26.5. The number of amides is 2. The summed E-state index contributed by atoms with van der Waals surface area (Å²) in [6.45, 7) is 30.9. The van der Waals surface area contributed by atoms with Crippen LogP contribution in [-0.4, -0.2) is 122 Å². The third-order valence-corrected chi connectivity index (χ3v) is 21.6. The molecule has 1 aliphatic rings. The highest BCUT2D eigenvalue weighted by Crippen LogP contribution is 2.43. The fourth-order valence-corrected chi connectivity index (χ4v) is 14.8. The number of benzene rings is 3. The molecule has 1 saturated heterocycles. The number of ether oxygens (including phenoxy) is 5. The number of rotatable bonds is 17. The van der Waals surface area contributed by atoms with E-state index in [0.29, 0.717) is 91.6 Å². The number of nitrogens with two attached hydrogens (primary N) is 1. The predicted molar refractivity (Wildman–Crippen MR) is 487 cm³/mol. The van der Waals surface area contributed by atoms with E-state index in [9.17, 15) is 24.0 Å². The Bertz CT molecular complexity index is 6630. The highest BCUT2D eigenvalue weighted by molar-refractivity contribution is 9.10. The number of nitrogens with one attached hydrogen (secondary N) is 2. The van der Waals surface area contributed by atoms with Crippen molar-refractivity contribution in [2.75, 3.05) is 37.7 Å². The highest BCUT2D eigenvalue weighted by Gasteiger charge is 2.52. The molecular weight excluding hydrogens is 1670 g/mol. The largest absolute Gasteiger partial charge is 0.496 e. The maximum absolute atomic E-state index is 14.0. The molecule has 648 valence electrons. The number of carbonyl (C=O) groups is 2. The first kappa shape index (κ1) is 89.8. The van der Waals surface area contributed by atoms with Crippen molar-refractivity contribution < 1.29 is 56.2 Å². The molecule has 1 fully saturated rings. The summed E-state index contributed by atoms with van der Waals surface area (Å²) in [5.41, 5.74) is 18.3. The van der Waals surface area contributed by atoms with Crippen LogP contribution in [0, 0.1) is 41.5 Å². The van der Waals surface area contributed by atoms with Gasteiger partial charge in [0.1, 0.15) is 63.2 Å². The molecule has 32 heteroatoms. The number of methoxy groups -OCH3 is 3. The lowest BCUT2D eigenvalue weighted by atomic mass is 9.80. The molecule has 4 N–H and O–H groups in total. The van der Waals surface area contributed by atoms with Crippen LogP contribution in [-0.2, 0) is 38.4 Å². The van der Waals surface area contributed by atoms with E-state index in [1.54, 1.807) is 144 Å². The zero-order valence-electron chi connectivity index (χ0n) is 73.5. The Labute approximate surface area is 735 Å². The minimum absolute atomic E-state index is 0.120. The summed E-state index contributed by atoms with van der Waals surface area (Å²) in [7, 11) is 4.35. The van der Waals surface area contributed by atoms with Gasteiger partial charge in [-0.05, 0) is 241 Å². The van der Waals surface area contributed by atoms with E-state index in [-0.39, 0.29) is 23.2 Å². The van der Waals surface area contributed by atoms with Gasteiger partial charge in [-0.15, -0.1) is 0 Å². The van der Waals surface area contributed by atoms with Crippen LogP contribution in [0.1, 0.15) is 121 Å². The van der Waals surface area contributed by atoms with Crippen LogP contribution in [0.3, 0.4) is 0 Å². The molecule has 13 heterocycles. The van der Waals surface area contributed by atoms with E-state index < -0.39 is 41.7 Å². The van der Waals surface area contributed by atoms with E-state index in [1.807, 2.05) is 184 Å². The molecule has 0 aliphatic carbocycles. The van der Waals surface area contributed by atoms with Gasteiger partial charge in [0.2, 0.25) is 0 Å². The second-order valence-electron chi connectivity index (χ2n) is 32.9. The SMILES string of the molecule is CC(C)(C)OC(=O)Nc1ccc(B2OC(C)(C)C(C)(C)O2)cn1.COc1cc2c(cc1-c1c(C)noc1C)cc(-c1ccc(N)nc1)c(=O)n2Cc1ccccn1.COc1cc2c(cc1-c1c(C)noc1C)cc(-c1ccc(NC(=O)OC(C)(C)C)nc1)c(=O)n2Cc1ccccn1.COc1cc2c(cc1-c1c(C)noc1C)cc(Br)c(=O)n2Cc1ccccn1. The number of pyridine rings is 9. The van der Waals surface area contributed by atoms with Gasteiger partial charge in [0.25, 0.3) is 16.7 Å².